The molecule has 0 saturated carbocycles. The minimum atomic E-state index is 0.284. The number of rotatable bonds is 4. The number of fused-ring (bicyclic) bond motifs is 1. The van der Waals surface area contributed by atoms with Gasteiger partial charge in [-0.3, -0.25) is 4.90 Å². The van der Waals surface area contributed by atoms with Gasteiger partial charge in [-0.05, 0) is 33.2 Å². The maximum Gasteiger partial charge on any atom is 0.203 e. The van der Waals surface area contributed by atoms with Gasteiger partial charge in [0.05, 0.1) is 12.7 Å². The third-order valence-corrected chi connectivity index (χ3v) is 4.17. The lowest BCUT2D eigenvalue weighted by Gasteiger charge is -2.35. The van der Waals surface area contributed by atoms with Gasteiger partial charge in [0.15, 0.2) is 0 Å². The van der Waals surface area contributed by atoms with E-state index in [9.17, 15) is 0 Å². The van der Waals surface area contributed by atoms with Crippen molar-refractivity contribution in [3.63, 3.8) is 0 Å². The number of nitrogens with one attached hydrogen (secondary N) is 1. The molecule has 106 valence electrons. The summed E-state index contributed by atoms with van der Waals surface area (Å²) in [4.78, 5) is 6.95. The Bertz CT molecular complexity index is 417. The summed E-state index contributed by atoms with van der Waals surface area (Å²) in [5.74, 6) is 0.946. The molecule has 0 aliphatic carbocycles. The fraction of sp³-hybridized carbons (Fsp3) is 0.786. The van der Waals surface area contributed by atoms with E-state index in [1.54, 1.807) is 0 Å². The largest absolute Gasteiger partial charge is 0.373 e. The zero-order valence-electron chi connectivity index (χ0n) is 11.9. The molecule has 0 radical (unpaired) electrons. The highest BCUT2D eigenvalue weighted by molar-refractivity contribution is 5.26. The summed E-state index contributed by atoms with van der Waals surface area (Å²) >= 11 is 0. The lowest BCUT2D eigenvalue weighted by Crippen LogP contribution is -2.48. The number of ether oxygens (including phenoxy) is 1. The van der Waals surface area contributed by atoms with Crippen molar-refractivity contribution in [2.24, 2.45) is 0 Å². The van der Waals surface area contributed by atoms with Crippen LogP contribution in [0.15, 0.2) is 12.4 Å². The Kier molecular flexibility index (Phi) is 3.75. The van der Waals surface area contributed by atoms with Gasteiger partial charge in [0, 0.05) is 37.6 Å². The monoisotopic (exact) mass is 264 g/mol. The molecule has 0 amide bonds. The predicted octanol–water partition coefficient (Wildman–Crippen LogP) is 1.74. The van der Waals surface area contributed by atoms with Crippen molar-refractivity contribution in [2.75, 3.05) is 31.6 Å². The van der Waals surface area contributed by atoms with E-state index in [4.69, 9.17) is 4.74 Å². The first-order valence-corrected chi connectivity index (χ1v) is 7.36. The van der Waals surface area contributed by atoms with E-state index in [0.29, 0.717) is 12.1 Å². The molecule has 1 aromatic rings. The summed E-state index contributed by atoms with van der Waals surface area (Å²) in [5, 5.41) is 3.42. The molecular weight excluding hydrogens is 240 g/mol. The van der Waals surface area contributed by atoms with Gasteiger partial charge < -0.3 is 14.6 Å². The molecule has 2 unspecified atom stereocenters. The molecule has 5 heteroatoms. The van der Waals surface area contributed by atoms with Crippen LogP contribution in [0.3, 0.4) is 0 Å². The Hall–Kier alpha value is -1.07. The molecule has 1 N–H and O–H groups in total. The van der Waals surface area contributed by atoms with Crippen LogP contribution in [0.25, 0.3) is 0 Å². The van der Waals surface area contributed by atoms with Gasteiger partial charge >= 0.3 is 0 Å². The molecule has 0 bridgehead atoms. The third kappa shape index (κ3) is 2.77. The first-order chi connectivity index (χ1) is 9.24. The molecule has 19 heavy (non-hydrogen) atoms. The summed E-state index contributed by atoms with van der Waals surface area (Å²) in [6, 6.07) is 1.11. The van der Waals surface area contributed by atoms with Crippen LogP contribution >= 0.6 is 0 Å². The molecule has 2 fully saturated rings. The molecule has 2 aliphatic heterocycles. The quantitative estimate of drug-likeness (QED) is 0.899. The fourth-order valence-corrected chi connectivity index (χ4v) is 3.08. The average molecular weight is 264 g/mol. The predicted molar refractivity (Wildman–Crippen MR) is 75.4 cm³/mol. The molecule has 3 rings (SSSR count). The Balaban J connectivity index is 1.53. The van der Waals surface area contributed by atoms with Gasteiger partial charge in [-0.25, -0.2) is 4.98 Å². The van der Waals surface area contributed by atoms with Crippen LogP contribution in [0, 0.1) is 0 Å². The lowest BCUT2D eigenvalue weighted by molar-refractivity contribution is -0.0416. The number of aromatic nitrogens is 2. The van der Waals surface area contributed by atoms with Crippen molar-refractivity contribution in [3.05, 3.63) is 12.4 Å². The van der Waals surface area contributed by atoms with Crippen LogP contribution < -0.4 is 5.32 Å². The number of hydrogen-bond donors (Lipinski definition) is 1. The molecule has 0 spiro atoms. The van der Waals surface area contributed by atoms with Crippen molar-refractivity contribution < 1.29 is 4.74 Å². The molecule has 3 heterocycles. The average Bonchev–Trinajstić information content (AvgIpc) is 3.04. The third-order valence-electron chi connectivity index (χ3n) is 4.17. The summed E-state index contributed by atoms with van der Waals surface area (Å²) in [5.41, 5.74) is 0. The lowest BCUT2D eigenvalue weighted by atomic mass is 10.2. The Morgan fingerprint density at radius 3 is 3.26 bits per heavy atom. The van der Waals surface area contributed by atoms with E-state index >= 15 is 0 Å². The maximum absolute atomic E-state index is 5.95. The van der Waals surface area contributed by atoms with Gasteiger partial charge in [0.25, 0.3) is 0 Å². The molecule has 2 aliphatic rings. The van der Waals surface area contributed by atoms with Crippen LogP contribution in [0.2, 0.25) is 0 Å². The minimum Gasteiger partial charge on any atom is -0.373 e. The number of imidazole rings is 1. The SMILES string of the molecule is CC(C)n1ccnc1NCC1CN2CCCC2CO1. The van der Waals surface area contributed by atoms with Crippen molar-refractivity contribution in [1.82, 2.24) is 14.5 Å². The van der Waals surface area contributed by atoms with E-state index in [0.717, 1.165) is 25.6 Å². The second kappa shape index (κ2) is 5.51. The molecule has 2 atom stereocenters. The highest BCUT2D eigenvalue weighted by Crippen LogP contribution is 2.22. The fourth-order valence-electron chi connectivity index (χ4n) is 3.08. The van der Waals surface area contributed by atoms with Gasteiger partial charge in [-0.1, -0.05) is 0 Å². The molecule has 0 aromatic carbocycles. The second-order valence-electron chi connectivity index (χ2n) is 5.88. The number of anilines is 1. The van der Waals surface area contributed by atoms with E-state index in [1.165, 1.54) is 19.4 Å². The molecular formula is C14H24N4O. The summed E-state index contributed by atoms with van der Waals surface area (Å²) in [6.45, 7) is 8.36. The van der Waals surface area contributed by atoms with Crippen LogP contribution in [0.5, 0.6) is 0 Å². The standard InChI is InChI=1S/C14H24N4O/c1-11(2)18-7-5-15-14(18)16-8-13-9-17-6-3-4-12(17)10-19-13/h5,7,11-13H,3-4,6,8-10H2,1-2H3,(H,15,16). The van der Waals surface area contributed by atoms with Gasteiger partial charge in [-0.15, -0.1) is 0 Å². The normalized spacial score (nSPS) is 27.7. The number of hydrogen-bond acceptors (Lipinski definition) is 4. The van der Waals surface area contributed by atoms with Crippen molar-refractivity contribution >= 4 is 5.95 Å². The molecule has 2 saturated heterocycles. The van der Waals surface area contributed by atoms with Gasteiger partial charge in [-0.2, -0.15) is 0 Å². The summed E-state index contributed by atoms with van der Waals surface area (Å²) in [7, 11) is 0. The summed E-state index contributed by atoms with van der Waals surface area (Å²) in [6.07, 6.45) is 6.78. The zero-order chi connectivity index (χ0) is 13.2. The maximum atomic E-state index is 5.95. The molecule has 5 nitrogen and oxygen atoms in total. The van der Waals surface area contributed by atoms with Crippen LogP contribution in [0.4, 0.5) is 5.95 Å². The topological polar surface area (TPSA) is 42.3 Å². The minimum absolute atomic E-state index is 0.284. The van der Waals surface area contributed by atoms with Gasteiger partial charge in [0.1, 0.15) is 0 Å². The number of morpholine rings is 1. The summed E-state index contributed by atoms with van der Waals surface area (Å²) < 4.78 is 8.10. The van der Waals surface area contributed by atoms with Gasteiger partial charge in [0.2, 0.25) is 5.95 Å². The second-order valence-corrected chi connectivity index (χ2v) is 5.88. The number of nitrogens with zero attached hydrogens (tertiary/aromatic N) is 3. The van der Waals surface area contributed by atoms with Crippen molar-refractivity contribution in [1.29, 1.82) is 0 Å². The van der Waals surface area contributed by atoms with E-state index in [1.807, 2.05) is 12.4 Å². The van der Waals surface area contributed by atoms with Crippen LogP contribution in [-0.4, -0.2) is 52.8 Å². The highest BCUT2D eigenvalue weighted by Gasteiger charge is 2.32. The van der Waals surface area contributed by atoms with Crippen LogP contribution in [0.1, 0.15) is 32.7 Å². The highest BCUT2D eigenvalue weighted by atomic mass is 16.5. The first-order valence-electron chi connectivity index (χ1n) is 7.36. The smallest absolute Gasteiger partial charge is 0.203 e. The first kappa shape index (κ1) is 12.9. The Morgan fingerprint density at radius 2 is 2.42 bits per heavy atom. The van der Waals surface area contributed by atoms with Crippen molar-refractivity contribution in [2.45, 2.75) is 44.9 Å². The van der Waals surface area contributed by atoms with E-state index < -0.39 is 0 Å². The van der Waals surface area contributed by atoms with E-state index in [2.05, 4.69) is 33.6 Å². The van der Waals surface area contributed by atoms with Crippen LogP contribution in [-0.2, 0) is 4.74 Å². The Morgan fingerprint density at radius 1 is 1.53 bits per heavy atom. The van der Waals surface area contributed by atoms with E-state index in [-0.39, 0.29) is 6.10 Å². The zero-order valence-corrected chi connectivity index (χ0v) is 11.9. The molecule has 1 aromatic heterocycles. The Labute approximate surface area is 114 Å². The van der Waals surface area contributed by atoms with Crippen molar-refractivity contribution in [3.8, 4) is 0 Å².